The average molecular weight is 357 g/mol. The average Bonchev–Trinajstić information content (AvgIpc) is 3.17. The van der Waals surface area contributed by atoms with Crippen molar-refractivity contribution in [2.45, 2.75) is 19.4 Å². The Morgan fingerprint density at radius 2 is 1.92 bits per heavy atom. The number of rotatable bonds is 5. The lowest BCUT2D eigenvalue weighted by Crippen LogP contribution is -2.27. The topological polar surface area (TPSA) is 66.7 Å². The maximum atomic E-state index is 13.8. The van der Waals surface area contributed by atoms with Gasteiger partial charge in [0.05, 0.1) is 4.92 Å². The molecule has 0 aromatic heterocycles. The number of nitro groups is 1. The van der Waals surface area contributed by atoms with Crippen LogP contribution in [0.3, 0.4) is 0 Å². The molecule has 1 amide bonds. The largest absolute Gasteiger partial charge is 0.366 e. The van der Waals surface area contributed by atoms with Crippen LogP contribution >= 0.6 is 0 Å². The molecular weight excluding hydrogens is 337 g/mol. The standard InChI is InChI=1S/C19H20FN3O3/c1-21(13-15-6-2-3-7-16(15)20)19(24)14-8-9-17(18(12-14)23(25)26)22-10-4-5-11-22/h2-3,6-9,12H,4-5,10-11,13H2,1H3. The van der Waals surface area contributed by atoms with E-state index in [-0.39, 0.29) is 29.5 Å². The van der Waals surface area contributed by atoms with E-state index in [4.69, 9.17) is 0 Å². The Morgan fingerprint density at radius 1 is 1.23 bits per heavy atom. The van der Waals surface area contributed by atoms with Gasteiger partial charge in [0, 0.05) is 43.9 Å². The van der Waals surface area contributed by atoms with Gasteiger partial charge in [0.25, 0.3) is 11.6 Å². The number of carbonyl (C=O) groups is 1. The first-order valence-electron chi connectivity index (χ1n) is 8.49. The summed E-state index contributed by atoms with van der Waals surface area (Å²) in [5.41, 5.74) is 1.09. The summed E-state index contributed by atoms with van der Waals surface area (Å²) in [6, 6.07) is 10.8. The normalized spacial score (nSPS) is 13.7. The Kier molecular flexibility index (Phi) is 5.16. The fourth-order valence-corrected chi connectivity index (χ4v) is 3.20. The van der Waals surface area contributed by atoms with Crippen LogP contribution in [-0.2, 0) is 6.54 Å². The molecule has 1 fully saturated rings. The van der Waals surface area contributed by atoms with Gasteiger partial charge in [-0.25, -0.2) is 4.39 Å². The van der Waals surface area contributed by atoms with Crippen LogP contribution < -0.4 is 4.90 Å². The third-order valence-corrected chi connectivity index (χ3v) is 4.58. The van der Waals surface area contributed by atoms with Crippen molar-refractivity contribution in [1.29, 1.82) is 0 Å². The van der Waals surface area contributed by atoms with Crippen molar-refractivity contribution in [2.75, 3.05) is 25.0 Å². The quantitative estimate of drug-likeness (QED) is 0.606. The van der Waals surface area contributed by atoms with E-state index in [9.17, 15) is 19.3 Å². The van der Waals surface area contributed by atoms with E-state index in [2.05, 4.69) is 0 Å². The van der Waals surface area contributed by atoms with Crippen molar-refractivity contribution in [2.24, 2.45) is 0 Å². The number of carbonyl (C=O) groups excluding carboxylic acids is 1. The van der Waals surface area contributed by atoms with Crippen LogP contribution in [0.15, 0.2) is 42.5 Å². The molecule has 0 N–H and O–H groups in total. The first-order chi connectivity index (χ1) is 12.5. The minimum Gasteiger partial charge on any atom is -0.366 e. The van der Waals surface area contributed by atoms with Gasteiger partial charge >= 0.3 is 0 Å². The number of halogens is 1. The van der Waals surface area contributed by atoms with Crippen LogP contribution in [0.5, 0.6) is 0 Å². The Hall–Kier alpha value is -2.96. The van der Waals surface area contributed by atoms with Crippen molar-refractivity contribution >= 4 is 17.3 Å². The number of hydrogen-bond donors (Lipinski definition) is 0. The Balaban J connectivity index is 1.83. The number of hydrogen-bond acceptors (Lipinski definition) is 4. The maximum Gasteiger partial charge on any atom is 0.293 e. The highest BCUT2D eigenvalue weighted by molar-refractivity contribution is 5.95. The van der Waals surface area contributed by atoms with Crippen LogP contribution in [0.25, 0.3) is 0 Å². The van der Waals surface area contributed by atoms with E-state index in [1.54, 1.807) is 37.4 Å². The zero-order valence-electron chi connectivity index (χ0n) is 14.5. The van der Waals surface area contributed by atoms with Crippen molar-refractivity contribution in [1.82, 2.24) is 4.90 Å². The van der Waals surface area contributed by atoms with Crippen molar-refractivity contribution in [3.8, 4) is 0 Å². The molecule has 1 aliphatic heterocycles. The molecule has 7 heteroatoms. The minimum absolute atomic E-state index is 0.0722. The fourth-order valence-electron chi connectivity index (χ4n) is 3.20. The van der Waals surface area contributed by atoms with Crippen LogP contribution in [0.4, 0.5) is 15.8 Å². The van der Waals surface area contributed by atoms with Gasteiger partial charge in [0.2, 0.25) is 0 Å². The molecule has 0 radical (unpaired) electrons. The highest BCUT2D eigenvalue weighted by Gasteiger charge is 2.24. The van der Waals surface area contributed by atoms with Crippen LogP contribution in [0.2, 0.25) is 0 Å². The first kappa shape index (κ1) is 17.8. The summed E-state index contributed by atoms with van der Waals surface area (Å²) in [6.07, 6.45) is 2.01. The molecule has 2 aromatic rings. The van der Waals surface area contributed by atoms with Gasteiger partial charge in [0.15, 0.2) is 0 Å². The molecule has 1 saturated heterocycles. The lowest BCUT2D eigenvalue weighted by Gasteiger charge is -2.20. The molecule has 3 rings (SSSR count). The monoisotopic (exact) mass is 357 g/mol. The van der Waals surface area contributed by atoms with Crippen LogP contribution in [0.1, 0.15) is 28.8 Å². The lowest BCUT2D eigenvalue weighted by molar-refractivity contribution is -0.384. The summed E-state index contributed by atoms with van der Waals surface area (Å²) >= 11 is 0. The minimum atomic E-state index is -0.457. The van der Waals surface area contributed by atoms with Gasteiger partial charge in [-0.1, -0.05) is 18.2 Å². The summed E-state index contributed by atoms with van der Waals surface area (Å²) in [5, 5.41) is 11.5. The second kappa shape index (κ2) is 7.51. The summed E-state index contributed by atoms with van der Waals surface area (Å²) in [6.45, 7) is 1.65. The summed E-state index contributed by atoms with van der Waals surface area (Å²) in [4.78, 5) is 27.0. The molecule has 0 unspecified atom stereocenters. The van der Waals surface area contributed by atoms with Crippen molar-refractivity contribution in [3.05, 3.63) is 69.5 Å². The second-order valence-electron chi connectivity index (χ2n) is 6.41. The van der Waals surface area contributed by atoms with E-state index in [1.165, 1.54) is 17.0 Å². The number of anilines is 1. The third-order valence-electron chi connectivity index (χ3n) is 4.58. The van der Waals surface area contributed by atoms with E-state index in [0.717, 1.165) is 25.9 Å². The van der Waals surface area contributed by atoms with Gasteiger partial charge in [-0.2, -0.15) is 0 Å². The molecule has 136 valence electrons. The number of nitrogens with zero attached hydrogens (tertiary/aromatic N) is 3. The summed E-state index contributed by atoms with van der Waals surface area (Å²) in [5.74, 6) is -0.771. The fraction of sp³-hybridized carbons (Fsp3) is 0.316. The molecule has 26 heavy (non-hydrogen) atoms. The van der Waals surface area contributed by atoms with Crippen molar-refractivity contribution < 1.29 is 14.1 Å². The second-order valence-corrected chi connectivity index (χ2v) is 6.41. The highest BCUT2D eigenvalue weighted by Crippen LogP contribution is 2.32. The molecule has 1 heterocycles. The molecule has 6 nitrogen and oxygen atoms in total. The van der Waals surface area contributed by atoms with Gasteiger partial charge < -0.3 is 9.80 Å². The summed E-state index contributed by atoms with van der Waals surface area (Å²) < 4.78 is 13.8. The zero-order chi connectivity index (χ0) is 18.7. The molecule has 0 atom stereocenters. The number of benzene rings is 2. The predicted molar refractivity (Wildman–Crippen MR) is 96.7 cm³/mol. The molecular formula is C19H20FN3O3. The van der Waals surface area contributed by atoms with E-state index >= 15 is 0 Å². The Bertz CT molecular complexity index is 835. The van der Waals surface area contributed by atoms with E-state index in [1.807, 2.05) is 4.90 Å². The number of nitro benzene ring substituents is 1. The number of amides is 1. The summed E-state index contributed by atoms with van der Waals surface area (Å²) in [7, 11) is 1.55. The lowest BCUT2D eigenvalue weighted by atomic mass is 10.1. The molecule has 0 spiro atoms. The van der Waals surface area contributed by atoms with Gasteiger partial charge in [-0.3, -0.25) is 14.9 Å². The maximum absolute atomic E-state index is 13.8. The van der Waals surface area contributed by atoms with Crippen molar-refractivity contribution in [3.63, 3.8) is 0 Å². The molecule has 2 aromatic carbocycles. The van der Waals surface area contributed by atoms with Gasteiger partial charge in [-0.05, 0) is 31.0 Å². The first-order valence-corrected chi connectivity index (χ1v) is 8.49. The zero-order valence-corrected chi connectivity index (χ0v) is 14.5. The SMILES string of the molecule is CN(Cc1ccccc1F)C(=O)c1ccc(N2CCCC2)c([N+](=O)[O-])c1. The Morgan fingerprint density at radius 3 is 2.58 bits per heavy atom. The van der Waals surface area contributed by atoms with E-state index in [0.29, 0.717) is 11.3 Å². The third kappa shape index (κ3) is 3.66. The molecule has 0 saturated carbocycles. The smallest absolute Gasteiger partial charge is 0.293 e. The molecule has 0 aliphatic carbocycles. The highest BCUT2D eigenvalue weighted by atomic mass is 19.1. The molecule has 0 bridgehead atoms. The predicted octanol–water partition coefficient (Wildman–Crippen LogP) is 3.61. The van der Waals surface area contributed by atoms with E-state index < -0.39 is 4.92 Å². The Labute approximate surface area is 151 Å². The molecule has 1 aliphatic rings. The van der Waals surface area contributed by atoms with Crippen LogP contribution in [0, 0.1) is 15.9 Å². The van der Waals surface area contributed by atoms with Crippen LogP contribution in [-0.4, -0.2) is 35.9 Å². The van der Waals surface area contributed by atoms with Gasteiger partial charge in [0.1, 0.15) is 11.5 Å². The van der Waals surface area contributed by atoms with Gasteiger partial charge in [-0.15, -0.1) is 0 Å².